The summed E-state index contributed by atoms with van der Waals surface area (Å²) in [7, 11) is 0. The van der Waals surface area contributed by atoms with Crippen LogP contribution >= 0.6 is 11.8 Å². The Morgan fingerprint density at radius 1 is 1.30 bits per heavy atom. The Labute approximate surface area is 121 Å². The van der Waals surface area contributed by atoms with Gasteiger partial charge in [0.2, 0.25) is 5.91 Å². The number of benzene rings is 2. The average molecular weight is 287 g/mol. The molecule has 0 saturated carbocycles. The maximum absolute atomic E-state index is 13.1. The van der Waals surface area contributed by atoms with Gasteiger partial charge in [-0.3, -0.25) is 4.79 Å². The van der Waals surface area contributed by atoms with Crippen molar-refractivity contribution in [3.05, 3.63) is 59.4 Å². The number of anilines is 1. The first kappa shape index (κ1) is 13.2. The highest BCUT2D eigenvalue weighted by molar-refractivity contribution is 8.01. The molecule has 0 unspecified atom stereocenters. The molecule has 1 aliphatic rings. The molecular formula is C16H14FNOS. The van der Waals surface area contributed by atoms with Crippen molar-refractivity contribution in [1.29, 1.82) is 0 Å². The second-order valence-corrected chi connectivity index (χ2v) is 6.17. The van der Waals surface area contributed by atoms with E-state index in [0.29, 0.717) is 5.69 Å². The van der Waals surface area contributed by atoms with Crippen LogP contribution < -0.4 is 5.32 Å². The molecule has 2 aromatic rings. The Morgan fingerprint density at radius 2 is 2.15 bits per heavy atom. The van der Waals surface area contributed by atoms with E-state index in [1.807, 2.05) is 6.92 Å². The molecule has 1 N–H and O–H groups in total. The Kier molecular flexibility index (Phi) is 3.49. The van der Waals surface area contributed by atoms with Crippen molar-refractivity contribution in [3.8, 4) is 0 Å². The SMILES string of the molecule is Cc1ccc2c(c1)S[C@H](C(=O)Nc1cccc(F)c1)C2. The van der Waals surface area contributed by atoms with E-state index in [2.05, 4.69) is 23.5 Å². The summed E-state index contributed by atoms with van der Waals surface area (Å²) in [4.78, 5) is 13.4. The van der Waals surface area contributed by atoms with Gasteiger partial charge in [-0.05, 0) is 43.2 Å². The van der Waals surface area contributed by atoms with Crippen molar-refractivity contribution >= 4 is 23.4 Å². The highest BCUT2D eigenvalue weighted by Gasteiger charge is 2.28. The number of carbonyl (C=O) groups excluding carboxylic acids is 1. The molecule has 0 aromatic heterocycles. The quantitative estimate of drug-likeness (QED) is 0.910. The Hall–Kier alpha value is -1.81. The Balaban J connectivity index is 1.71. The third-order valence-electron chi connectivity index (χ3n) is 3.28. The van der Waals surface area contributed by atoms with Gasteiger partial charge in [0.25, 0.3) is 0 Å². The average Bonchev–Trinajstić information content (AvgIpc) is 2.81. The molecule has 1 amide bonds. The first-order valence-corrected chi connectivity index (χ1v) is 7.32. The first-order valence-electron chi connectivity index (χ1n) is 6.44. The number of rotatable bonds is 2. The zero-order valence-electron chi connectivity index (χ0n) is 11.0. The lowest BCUT2D eigenvalue weighted by Crippen LogP contribution is -2.24. The number of fused-ring (bicyclic) bond motifs is 1. The molecule has 0 fully saturated rings. The van der Waals surface area contributed by atoms with Gasteiger partial charge >= 0.3 is 0 Å². The van der Waals surface area contributed by atoms with Crippen LogP contribution in [0.4, 0.5) is 10.1 Å². The summed E-state index contributed by atoms with van der Waals surface area (Å²) in [5.74, 6) is -0.421. The normalized spacial score (nSPS) is 16.8. The molecule has 2 nitrogen and oxygen atoms in total. The summed E-state index contributed by atoms with van der Waals surface area (Å²) in [6.45, 7) is 2.04. The van der Waals surface area contributed by atoms with Crippen molar-refractivity contribution in [1.82, 2.24) is 0 Å². The highest BCUT2D eigenvalue weighted by atomic mass is 32.2. The van der Waals surface area contributed by atoms with E-state index in [1.54, 1.807) is 23.9 Å². The lowest BCUT2D eigenvalue weighted by atomic mass is 10.1. The van der Waals surface area contributed by atoms with Gasteiger partial charge in [0.1, 0.15) is 5.82 Å². The third kappa shape index (κ3) is 2.70. The Bertz CT molecular complexity index is 671. The fourth-order valence-corrected chi connectivity index (χ4v) is 3.56. The van der Waals surface area contributed by atoms with Gasteiger partial charge in [-0.15, -0.1) is 11.8 Å². The second kappa shape index (κ2) is 5.29. The van der Waals surface area contributed by atoms with E-state index in [4.69, 9.17) is 0 Å². The number of aryl methyl sites for hydroxylation is 1. The number of halogens is 1. The molecule has 20 heavy (non-hydrogen) atoms. The van der Waals surface area contributed by atoms with E-state index >= 15 is 0 Å². The summed E-state index contributed by atoms with van der Waals surface area (Å²) < 4.78 is 13.1. The topological polar surface area (TPSA) is 29.1 Å². The third-order valence-corrected chi connectivity index (χ3v) is 4.58. The molecule has 0 saturated heterocycles. The van der Waals surface area contributed by atoms with Crippen LogP contribution in [-0.4, -0.2) is 11.2 Å². The molecule has 2 aromatic carbocycles. The number of carbonyl (C=O) groups is 1. The molecule has 3 rings (SSSR count). The maximum Gasteiger partial charge on any atom is 0.238 e. The standard InChI is InChI=1S/C16H14FNOS/c1-10-5-6-11-8-15(20-14(11)7-10)16(19)18-13-4-2-3-12(17)9-13/h2-7,9,15H,8H2,1H3,(H,18,19)/t15-/m0/s1. The van der Waals surface area contributed by atoms with Crippen LogP contribution in [0.25, 0.3) is 0 Å². The zero-order valence-corrected chi connectivity index (χ0v) is 11.8. The van der Waals surface area contributed by atoms with Crippen LogP contribution in [0.5, 0.6) is 0 Å². The number of hydrogen-bond acceptors (Lipinski definition) is 2. The minimum atomic E-state index is -0.346. The van der Waals surface area contributed by atoms with Crippen LogP contribution in [0, 0.1) is 12.7 Å². The largest absolute Gasteiger partial charge is 0.325 e. The van der Waals surface area contributed by atoms with E-state index in [1.165, 1.54) is 28.2 Å². The van der Waals surface area contributed by atoms with Crippen LogP contribution in [0.1, 0.15) is 11.1 Å². The van der Waals surface area contributed by atoms with Crippen molar-refractivity contribution in [2.24, 2.45) is 0 Å². The molecule has 1 heterocycles. The minimum absolute atomic E-state index is 0.0746. The van der Waals surface area contributed by atoms with E-state index in [9.17, 15) is 9.18 Å². The Morgan fingerprint density at radius 3 is 2.95 bits per heavy atom. The summed E-state index contributed by atoms with van der Waals surface area (Å²) in [5, 5.41) is 2.63. The number of thioether (sulfide) groups is 1. The van der Waals surface area contributed by atoms with Gasteiger partial charge in [-0.1, -0.05) is 23.8 Å². The molecule has 0 spiro atoms. The van der Waals surface area contributed by atoms with Gasteiger partial charge in [-0.2, -0.15) is 0 Å². The minimum Gasteiger partial charge on any atom is -0.325 e. The molecule has 4 heteroatoms. The lowest BCUT2D eigenvalue weighted by Gasteiger charge is -2.09. The van der Waals surface area contributed by atoms with Crippen LogP contribution in [0.3, 0.4) is 0 Å². The molecule has 0 bridgehead atoms. The predicted molar refractivity (Wildman–Crippen MR) is 79.6 cm³/mol. The van der Waals surface area contributed by atoms with E-state index in [-0.39, 0.29) is 17.0 Å². The zero-order chi connectivity index (χ0) is 14.1. The fraction of sp³-hybridized carbons (Fsp3) is 0.188. The number of hydrogen-bond donors (Lipinski definition) is 1. The van der Waals surface area contributed by atoms with Crippen molar-refractivity contribution in [3.63, 3.8) is 0 Å². The summed E-state index contributed by atoms with van der Waals surface area (Å²) in [6.07, 6.45) is 0.724. The molecular weight excluding hydrogens is 273 g/mol. The van der Waals surface area contributed by atoms with Crippen molar-refractivity contribution in [2.45, 2.75) is 23.5 Å². The summed E-state index contributed by atoms with van der Waals surface area (Å²) in [6, 6.07) is 12.2. The summed E-state index contributed by atoms with van der Waals surface area (Å²) >= 11 is 1.58. The highest BCUT2D eigenvalue weighted by Crippen LogP contribution is 2.38. The first-order chi connectivity index (χ1) is 9.61. The lowest BCUT2D eigenvalue weighted by molar-refractivity contribution is -0.115. The molecule has 1 aliphatic heterocycles. The van der Waals surface area contributed by atoms with Crippen molar-refractivity contribution in [2.75, 3.05) is 5.32 Å². The van der Waals surface area contributed by atoms with Gasteiger partial charge in [0, 0.05) is 10.6 Å². The van der Waals surface area contributed by atoms with Crippen LogP contribution in [-0.2, 0) is 11.2 Å². The second-order valence-electron chi connectivity index (χ2n) is 4.92. The maximum atomic E-state index is 13.1. The molecule has 0 radical (unpaired) electrons. The van der Waals surface area contributed by atoms with Crippen LogP contribution in [0.15, 0.2) is 47.4 Å². The van der Waals surface area contributed by atoms with E-state index in [0.717, 1.165) is 6.42 Å². The van der Waals surface area contributed by atoms with Crippen LogP contribution in [0.2, 0.25) is 0 Å². The summed E-state index contributed by atoms with van der Waals surface area (Å²) in [5.41, 5.74) is 2.91. The fourth-order valence-electron chi connectivity index (χ4n) is 2.27. The van der Waals surface area contributed by atoms with Gasteiger partial charge in [0.15, 0.2) is 0 Å². The number of amides is 1. The molecule has 0 aliphatic carbocycles. The smallest absolute Gasteiger partial charge is 0.238 e. The van der Waals surface area contributed by atoms with Crippen molar-refractivity contribution < 1.29 is 9.18 Å². The number of nitrogens with one attached hydrogen (secondary N) is 1. The van der Waals surface area contributed by atoms with Gasteiger partial charge < -0.3 is 5.32 Å². The van der Waals surface area contributed by atoms with Gasteiger partial charge in [0.05, 0.1) is 5.25 Å². The predicted octanol–water partition coefficient (Wildman–Crippen LogP) is 3.79. The monoisotopic (exact) mass is 287 g/mol. The molecule has 102 valence electrons. The molecule has 1 atom stereocenters. The van der Waals surface area contributed by atoms with Gasteiger partial charge in [-0.25, -0.2) is 4.39 Å². The van der Waals surface area contributed by atoms with E-state index < -0.39 is 0 Å².